The molecule has 0 spiro atoms. The lowest BCUT2D eigenvalue weighted by Crippen LogP contribution is -2.20. The van der Waals surface area contributed by atoms with Gasteiger partial charge in [0.1, 0.15) is 6.61 Å². The van der Waals surface area contributed by atoms with Gasteiger partial charge in [0.05, 0.1) is 10.1 Å². The van der Waals surface area contributed by atoms with Gasteiger partial charge in [-0.3, -0.25) is 4.79 Å². The largest absolute Gasteiger partial charge is 0.462 e. The molecule has 1 aromatic rings. The zero-order valence-corrected chi connectivity index (χ0v) is 18.4. The summed E-state index contributed by atoms with van der Waals surface area (Å²) < 4.78 is 31.3. The van der Waals surface area contributed by atoms with Crippen molar-refractivity contribution in [1.29, 1.82) is 0 Å². The minimum atomic E-state index is -3.51. The highest BCUT2D eigenvalue weighted by atomic mass is 32.2. The molecule has 0 N–H and O–H groups in total. The van der Waals surface area contributed by atoms with E-state index in [0.717, 1.165) is 24.0 Å². The van der Waals surface area contributed by atoms with E-state index in [1.807, 2.05) is 19.9 Å². The lowest BCUT2D eigenvalue weighted by atomic mass is 10.1. The van der Waals surface area contributed by atoms with Crippen LogP contribution in [0.1, 0.15) is 53.9 Å². The van der Waals surface area contributed by atoms with Crippen molar-refractivity contribution in [3.63, 3.8) is 0 Å². The van der Waals surface area contributed by atoms with Crippen LogP contribution in [0.4, 0.5) is 0 Å². The number of sulfone groups is 1. The van der Waals surface area contributed by atoms with Gasteiger partial charge >= 0.3 is 5.97 Å². The number of carbonyl (C=O) groups excluding carboxylic acids is 1. The van der Waals surface area contributed by atoms with Gasteiger partial charge in [0.2, 0.25) is 0 Å². The van der Waals surface area contributed by atoms with Gasteiger partial charge in [0.15, 0.2) is 9.84 Å². The van der Waals surface area contributed by atoms with E-state index in [-0.39, 0.29) is 12.6 Å². The van der Waals surface area contributed by atoms with Crippen molar-refractivity contribution in [2.75, 3.05) is 6.61 Å². The molecule has 1 unspecified atom stereocenters. The Morgan fingerprint density at radius 2 is 1.64 bits per heavy atom. The molecule has 0 aliphatic heterocycles. The maximum atomic E-state index is 13.2. The van der Waals surface area contributed by atoms with Crippen molar-refractivity contribution in [3.8, 4) is 0 Å². The fourth-order valence-corrected chi connectivity index (χ4v) is 4.51. The van der Waals surface area contributed by atoms with E-state index in [2.05, 4.69) is 19.9 Å². The zero-order chi connectivity index (χ0) is 21.2. The Morgan fingerprint density at radius 1 is 1.00 bits per heavy atom. The molecular weight excluding hydrogens is 372 g/mol. The topological polar surface area (TPSA) is 60.4 Å². The fraction of sp³-hybridized carbons (Fsp3) is 0.435. The van der Waals surface area contributed by atoms with Crippen LogP contribution in [-0.4, -0.2) is 26.2 Å². The van der Waals surface area contributed by atoms with Crippen LogP contribution in [0.5, 0.6) is 0 Å². The second-order valence-electron chi connectivity index (χ2n) is 7.29. The van der Waals surface area contributed by atoms with Gasteiger partial charge in [-0.25, -0.2) is 8.42 Å². The Labute approximate surface area is 169 Å². The minimum absolute atomic E-state index is 0.155. The van der Waals surface area contributed by atoms with Crippen molar-refractivity contribution >= 4 is 15.8 Å². The van der Waals surface area contributed by atoms with E-state index in [1.165, 1.54) is 12.5 Å². The number of hydrogen-bond acceptors (Lipinski definition) is 4. The number of esters is 1. The molecule has 0 saturated carbocycles. The maximum Gasteiger partial charge on any atom is 0.302 e. The van der Waals surface area contributed by atoms with Crippen LogP contribution < -0.4 is 0 Å². The lowest BCUT2D eigenvalue weighted by molar-refractivity contribution is -0.139. The molecule has 0 heterocycles. The Bertz CT molecular complexity index is 827. The fourth-order valence-electron chi connectivity index (χ4n) is 2.73. The third kappa shape index (κ3) is 8.70. The molecule has 0 saturated heterocycles. The summed E-state index contributed by atoms with van der Waals surface area (Å²) in [6.07, 6.45) is 7.86. The van der Waals surface area contributed by atoms with Gasteiger partial charge in [-0.2, -0.15) is 0 Å². The van der Waals surface area contributed by atoms with Crippen molar-refractivity contribution in [2.45, 2.75) is 64.0 Å². The molecule has 0 fully saturated rings. The average molecular weight is 405 g/mol. The van der Waals surface area contributed by atoms with Crippen molar-refractivity contribution < 1.29 is 17.9 Å². The SMILES string of the molecule is CC(=O)OC/C=C(\C)CC(/C=C(\C)CCC=C(C)C)S(=O)(=O)c1ccccc1. The van der Waals surface area contributed by atoms with Crippen LogP contribution in [0.25, 0.3) is 0 Å². The second kappa shape index (κ2) is 11.6. The first-order chi connectivity index (χ1) is 13.1. The molecular formula is C23H32O4S. The van der Waals surface area contributed by atoms with Crippen LogP contribution in [0.3, 0.4) is 0 Å². The summed E-state index contributed by atoms with van der Waals surface area (Å²) in [5.74, 6) is -0.354. The average Bonchev–Trinajstić information content (AvgIpc) is 2.61. The van der Waals surface area contributed by atoms with Gasteiger partial charge in [-0.05, 0) is 65.2 Å². The van der Waals surface area contributed by atoms with Crippen LogP contribution in [0, 0.1) is 0 Å². The molecule has 1 rings (SSSR count). The van der Waals surface area contributed by atoms with Gasteiger partial charge in [-0.15, -0.1) is 0 Å². The Balaban J connectivity index is 3.09. The number of ether oxygens (including phenoxy) is 1. The van der Waals surface area contributed by atoms with E-state index in [0.29, 0.717) is 11.3 Å². The Morgan fingerprint density at radius 3 is 2.21 bits per heavy atom. The minimum Gasteiger partial charge on any atom is -0.462 e. The smallest absolute Gasteiger partial charge is 0.302 e. The molecule has 0 amide bonds. The van der Waals surface area contributed by atoms with E-state index >= 15 is 0 Å². The molecule has 28 heavy (non-hydrogen) atoms. The molecule has 0 aromatic heterocycles. The second-order valence-corrected chi connectivity index (χ2v) is 9.45. The normalized spacial score (nSPS) is 13.8. The molecule has 4 nitrogen and oxygen atoms in total. The first-order valence-corrected chi connectivity index (χ1v) is 11.1. The van der Waals surface area contributed by atoms with Gasteiger partial charge in [-0.1, -0.05) is 47.1 Å². The van der Waals surface area contributed by atoms with E-state index in [9.17, 15) is 13.2 Å². The highest BCUT2D eigenvalue weighted by Gasteiger charge is 2.25. The number of carbonyl (C=O) groups is 1. The maximum absolute atomic E-state index is 13.2. The monoisotopic (exact) mass is 404 g/mol. The first-order valence-electron chi connectivity index (χ1n) is 9.51. The Kier molecular flexibility index (Phi) is 9.94. The van der Waals surface area contributed by atoms with Crippen LogP contribution in [0.2, 0.25) is 0 Å². The molecule has 0 radical (unpaired) electrons. The quantitative estimate of drug-likeness (QED) is 0.386. The summed E-state index contributed by atoms with van der Waals surface area (Å²) in [5, 5.41) is -0.657. The summed E-state index contributed by atoms with van der Waals surface area (Å²) in [6, 6.07) is 8.54. The molecule has 0 aliphatic carbocycles. The summed E-state index contributed by atoms with van der Waals surface area (Å²) in [6.45, 7) is 9.46. The predicted octanol–water partition coefficient (Wildman–Crippen LogP) is 5.42. The summed E-state index contributed by atoms with van der Waals surface area (Å²) >= 11 is 0. The summed E-state index contributed by atoms with van der Waals surface area (Å²) in [7, 11) is -3.51. The molecule has 1 atom stereocenters. The molecule has 154 valence electrons. The number of rotatable bonds is 10. The van der Waals surface area contributed by atoms with E-state index in [1.54, 1.807) is 36.4 Å². The van der Waals surface area contributed by atoms with E-state index in [4.69, 9.17) is 4.74 Å². The van der Waals surface area contributed by atoms with Crippen LogP contribution in [-0.2, 0) is 19.4 Å². The predicted molar refractivity (Wildman–Crippen MR) is 115 cm³/mol. The lowest BCUT2D eigenvalue weighted by Gasteiger charge is -2.16. The summed E-state index contributed by atoms with van der Waals surface area (Å²) in [5.41, 5.74) is 3.18. The molecule has 1 aromatic carbocycles. The number of hydrogen-bond donors (Lipinski definition) is 0. The molecule has 5 heteroatoms. The van der Waals surface area contributed by atoms with Crippen molar-refractivity contribution in [2.24, 2.45) is 0 Å². The van der Waals surface area contributed by atoms with Crippen LogP contribution >= 0.6 is 0 Å². The van der Waals surface area contributed by atoms with Crippen LogP contribution in [0.15, 0.2) is 70.2 Å². The third-order valence-electron chi connectivity index (χ3n) is 4.27. The standard InChI is InChI=1S/C23H32O4S/c1-18(2)10-9-11-19(3)16-23(17-20(4)14-15-27-21(5)24)28(25,26)22-12-7-6-8-13-22/h6-8,10,12-14,16,23H,9,11,15,17H2,1-5H3/b19-16+,20-14+. The van der Waals surface area contributed by atoms with Crippen molar-refractivity contribution in [3.05, 3.63) is 65.3 Å². The highest BCUT2D eigenvalue weighted by Crippen LogP contribution is 2.24. The first kappa shape index (κ1) is 23.9. The number of benzene rings is 1. The third-order valence-corrected chi connectivity index (χ3v) is 6.30. The zero-order valence-electron chi connectivity index (χ0n) is 17.6. The Hall–Kier alpha value is -2.14. The van der Waals surface area contributed by atoms with Gasteiger partial charge in [0, 0.05) is 6.92 Å². The molecule has 0 bridgehead atoms. The van der Waals surface area contributed by atoms with Gasteiger partial charge in [0.25, 0.3) is 0 Å². The highest BCUT2D eigenvalue weighted by molar-refractivity contribution is 7.92. The number of allylic oxidation sites excluding steroid dienone is 4. The van der Waals surface area contributed by atoms with Gasteiger partial charge < -0.3 is 4.74 Å². The van der Waals surface area contributed by atoms with E-state index < -0.39 is 15.1 Å². The summed E-state index contributed by atoms with van der Waals surface area (Å²) in [4.78, 5) is 11.2. The van der Waals surface area contributed by atoms with Crippen molar-refractivity contribution in [1.82, 2.24) is 0 Å². The molecule has 0 aliphatic rings.